The van der Waals surface area contributed by atoms with Crippen LogP contribution in [0.2, 0.25) is 0 Å². The summed E-state index contributed by atoms with van der Waals surface area (Å²) in [5, 5.41) is 18.0. The van der Waals surface area contributed by atoms with E-state index in [2.05, 4.69) is 10.0 Å². The van der Waals surface area contributed by atoms with Crippen LogP contribution in [0.5, 0.6) is 0 Å². The highest BCUT2D eigenvalue weighted by Gasteiger charge is 2.17. The SMILES string of the molecule is CC(CNS(=O)(=O)C(C)C)c1ccc(NC(=O)CN(C)C)cc1.O=C(O)/C=C\C(=O)O. The van der Waals surface area contributed by atoms with Crippen LogP contribution in [0.15, 0.2) is 36.4 Å². The van der Waals surface area contributed by atoms with E-state index in [1.165, 1.54) is 0 Å². The normalized spacial score (nSPS) is 12.4. The average Bonchev–Trinajstić information content (AvgIpc) is 2.64. The number of benzene rings is 1. The maximum atomic E-state index is 11.8. The number of carboxylic acids is 2. The number of hydrogen-bond donors (Lipinski definition) is 4. The van der Waals surface area contributed by atoms with E-state index in [4.69, 9.17) is 10.2 Å². The molecule has 0 bridgehead atoms. The topological polar surface area (TPSA) is 153 Å². The predicted octanol–water partition coefficient (Wildman–Crippen LogP) is 1.33. The molecule has 4 N–H and O–H groups in total. The van der Waals surface area contributed by atoms with Gasteiger partial charge in [0.25, 0.3) is 0 Å². The van der Waals surface area contributed by atoms with Crippen molar-refractivity contribution >= 4 is 33.6 Å². The molecule has 0 aliphatic rings. The molecule has 31 heavy (non-hydrogen) atoms. The molecule has 1 unspecified atom stereocenters. The third-order valence-electron chi connectivity index (χ3n) is 3.80. The molecule has 0 aliphatic carbocycles. The number of likely N-dealkylation sites (N-methyl/N-ethyl adjacent to an activating group) is 1. The van der Waals surface area contributed by atoms with Crippen molar-refractivity contribution in [2.24, 2.45) is 0 Å². The monoisotopic (exact) mass is 457 g/mol. The Morgan fingerprint density at radius 2 is 1.48 bits per heavy atom. The summed E-state index contributed by atoms with van der Waals surface area (Å²) in [6.45, 7) is 5.95. The number of carbonyl (C=O) groups is 3. The molecular weight excluding hydrogens is 426 g/mol. The van der Waals surface area contributed by atoms with Crippen molar-refractivity contribution < 1.29 is 33.0 Å². The molecule has 0 aliphatic heterocycles. The van der Waals surface area contributed by atoms with Gasteiger partial charge in [-0.3, -0.25) is 4.79 Å². The minimum absolute atomic E-state index is 0.0510. The number of hydrogen-bond acceptors (Lipinski definition) is 6. The Bertz CT molecular complexity index is 847. The van der Waals surface area contributed by atoms with Crippen LogP contribution in [0.4, 0.5) is 5.69 Å². The van der Waals surface area contributed by atoms with Crippen molar-refractivity contribution in [2.75, 3.05) is 32.5 Å². The largest absolute Gasteiger partial charge is 0.478 e. The number of nitrogens with one attached hydrogen (secondary N) is 2. The van der Waals surface area contributed by atoms with Crippen molar-refractivity contribution in [3.63, 3.8) is 0 Å². The second-order valence-electron chi connectivity index (χ2n) is 7.26. The predicted molar refractivity (Wildman–Crippen MR) is 119 cm³/mol. The van der Waals surface area contributed by atoms with Crippen LogP contribution in [0.3, 0.4) is 0 Å². The highest BCUT2D eigenvalue weighted by Crippen LogP contribution is 2.18. The number of anilines is 1. The zero-order chi connectivity index (χ0) is 24.2. The van der Waals surface area contributed by atoms with Crippen molar-refractivity contribution in [3.8, 4) is 0 Å². The van der Waals surface area contributed by atoms with E-state index < -0.39 is 27.2 Å². The molecule has 1 rings (SSSR count). The smallest absolute Gasteiger partial charge is 0.328 e. The summed E-state index contributed by atoms with van der Waals surface area (Å²) in [5.41, 5.74) is 1.75. The summed E-state index contributed by atoms with van der Waals surface area (Å²) in [4.78, 5) is 32.6. The van der Waals surface area contributed by atoms with E-state index in [0.29, 0.717) is 25.2 Å². The number of nitrogens with zero attached hydrogens (tertiary/aromatic N) is 1. The first kappa shape index (κ1) is 28.2. The Balaban J connectivity index is 0.000000954. The molecule has 0 spiro atoms. The lowest BCUT2D eigenvalue weighted by molar-refractivity contribution is -0.134. The molecule has 1 atom stereocenters. The fraction of sp³-hybridized carbons (Fsp3) is 0.450. The Morgan fingerprint density at radius 1 is 1.00 bits per heavy atom. The summed E-state index contributed by atoms with van der Waals surface area (Å²) in [6.07, 6.45) is 1.12. The Morgan fingerprint density at radius 3 is 1.87 bits per heavy atom. The molecule has 1 aromatic carbocycles. The molecule has 1 amide bonds. The van der Waals surface area contributed by atoms with Crippen molar-refractivity contribution in [2.45, 2.75) is 31.9 Å². The lowest BCUT2D eigenvalue weighted by atomic mass is 10.0. The third kappa shape index (κ3) is 13.2. The number of rotatable bonds is 10. The van der Waals surface area contributed by atoms with Gasteiger partial charge in [-0.1, -0.05) is 19.1 Å². The van der Waals surface area contributed by atoms with E-state index in [1.54, 1.807) is 18.7 Å². The van der Waals surface area contributed by atoms with Gasteiger partial charge in [-0.2, -0.15) is 0 Å². The van der Waals surface area contributed by atoms with Gasteiger partial charge in [0.15, 0.2) is 0 Å². The van der Waals surface area contributed by atoms with Gasteiger partial charge in [0.1, 0.15) is 0 Å². The molecule has 0 saturated heterocycles. The first-order valence-electron chi connectivity index (χ1n) is 9.41. The average molecular weight is 458 g/mol. The lowest BCUT2D eigenvalue weighted by Gasteiger charge is -2.16. The molecule has 0 heterocycles. The van der Waals surface area contributed by atoms with Gasteiger partial charge in [-0.25, -0.2) is 22.7 Å². The van der Waals surface area contributed by atoms with Crippen LogP contribution in [0.1, 0.15) is 32.3 Å². The number of carboxylic acid groups (broad SMARTS) is 2. The minimum Gasteiger partial charge on any atom is -0.478 e. The zero-order valence-electron chi connectivity index (χ0n) is 18.3. The third-order valence-corrected chi connectivity index (χ3v) is 5.61. The summed E-state index contributed by atoms with van der Waals surface area (Å²) in [6, 6.07) is 7.46. The van der Waals surface area contributed by atoms with Crippen LogP contribution in [0.25, 0.3) is 0 Å². The van der Waals surface area contributed by atoms with E-state index in [9.17, 15) is 22.8 Å². The van der Waals surface area contributed by atoms with E-state index in [1.807, 2.05) is 45.3 Å². The Kier molecular flexibility index (Phi) is 12.3. The fourth-order valence-corrected chi connectivity index (χ4v) is 2.87. The zero-order valence-corrected chi connectivity index (χ0v) is 19.1. The maximum Gasteiger partial charge on any atom is 0.328 e. The first-order chi connectivity index (χ1) is 14.2. The van der Waals surface area contributed by atoms with Crippen LogP contribution >= 0.6 is 0 Å². The molecule has 0 aromatic heterocycles. The van der Waals surface area contributed by atoms with Crippen LogP contribution < -0.4 is 10.0 Å². The quantitative estimate of drug-likeness (QED) is 0.384. The molecule has 0 fully saturated rings. The van der Waals surface area contributed by atoms with Crippen LogP contribution in [-0.4, -0.2) is 73.8 Å². The van der Waals surface area contributed by atoms with Gasteiger partial charge in [0.2, 0.25) is 15.9 Å². The first-order valence-corrected chi connectivity index (χ1v) is 11.0. The van der Waals surface area contributed by atoms with Gasteiger partial charge >= 0.3 is 11.9 Å². The molecule has 11 heteroatoms. The lowest BCUT2D eigenvalue weighted by Crippen LogP contribution is -2.33. The number of amides is 1. The van der Waals surface area contributed by atoms with E-state index >= 15 is 0 Å². The number of aliphatic carboxylic acids is 2. The summed E-state index contributed by atoms with van der Waals surface area (Å²) in [7, 11) is 0.423. The number of carbonyl (C=O) groups excluding carboxylic acids is 1. The number of sulfonamides is 1. The highest BCUT2D eigenvalue weighted by atomic mass is 32.2. The van der Waals surface area contributed by atoms with Gasteiger partial charge in [-0.15, -0.1) is 0 Å². The molecular formula is C20H31N3O7S. The fourth-order valence-electron chi connectivity index (χ4n) is 2.05. The van der Waals surface area contributed by atoms with E-state index in [0.717, 1.165) is 11.3 Å². The van der Waals surface area contributed by atoms with Gasteiger partial charge in [0.05, 0.1) is 11.8 Å². The van der Waals surface area contributed by atoms with E-state index in [-0.39, 0.29) is 11.8 Å². The maximum absolute atomic E-state index is 11.8. The van der Waals surface area contributed by atoms with Gasteiger partial charge < -0.3 is 20.4 Å². The van der Waals surface area contributed by atoms with Crippen LogP contribution in [0, 0.1) is 0 Å². The highest BCUT2D eigenvalue weighted by molar-refractivity contribution is 7.90. The standard InChI is InChI=1S/C16H27N3O3S.C4H4O4/c1-12(2)23(21,22)17-10-13(3)14-6-8-15(9-7-14)18-16(20)11-19(4)5;5-3(6)1-2-4(7)8/h6-9,12-13,17H,10-11H2,1-5H3,(H,18,20);1-2H,(H,5,6)(H,7,8)/b;2-1-. The minimum atomic E-state index is -3.25. The van der Waals surface area contributed by atoms with Crippen molar-refractivity contribution in [1.82, 2.24) is 9.62 Å². The van der Waals surface area contributed by atoms with Gasteiger partial charge in [0, 0.05) is 24.4 Å². The molecule has 0 radical (unpaired) electrons. The molecule has 0 saturated carbocycles. The second kappa shape index (κ2) is 13.5. The van der Waals surface area contributed by atoms with Gasteiger partial charge in [-0.05, 0) is 51.6 Å². The van der Waals surface area contributed by atoms with Crippen molar-refractivity contribution in [1.29, 1.82) is 0 Å². The van der Waals surface area contributed by atoms with Crippen LogP contribution in [-0.2, 0) is 24.4 Å². The summed E-state index contributed by atoms with van der Waals surface area (Å²) in [5.74, 6) is -2.53. The summed E-state index contributed by atoms with van der Waals surface area (Å²) < 4.78 is 26.2. The second-order valence-corrected chi connectivity index (χ2v) is 9.58. The summed E-state index contributed by atoms with van der Waals surface area (Å²) >= 11 is 0. The molecule has 10 nitrogen and oxygen atoms in total. The van der Waals surface area contributed by atoms with Crippen molar-refractivity contribution in [3.05, 3.63) is 42.0 Å². The Hall–Kier alpha value is -2.76. The molecule has 174 valence electrons. The molecule has 1 aromatic rings. The Labute approximate surface area is 183 Å².